The van der Waals surface area contributed by atoms with Gasteiger partial charge < -0.3 is 20.9 Å². The van der Waals surface area contributed by atoms with Crippen molar-refractivity contribution < 1.29 is 18.4 Å². The fourth-order valence-corrected chi connectivity index (χ4v) is 3.69. The zero-order chi connectivity index (χ0) is 19.9. The molecule has 6 nitrogen and oxygen atoms in total. The van der Waals surface area contributed by atoms with Crippen molar-refractivity contribution in [3.63, 3.8) is 0 Å². The average molecular weight is 376 g/mol. The number of carbonyl (C=O) groups excluding carboxylic acids is 2. The predicted octanol–water partition coefficient (Wildman–Crippen LogP) is 2.24. The second-order valence-corrected chi connectivity index (χ2v) is 6.89. The number of aromatic nitrogens is 1. The van der Waals surface area contributed by atoms with Crippen LogP contribution >= 0.6 is 0 Å². The smallest absolute Gasteiger partial charge is 0.250 e. The molecule has 1 aliphatic rings. The van der Waals surface area contributed by atoms with Crippen LogP contribution in [0.5, 0.6) is 0 Å². The first-order chi connectivity index (χ1) is 12.7. The number of benzene rings is 1. The first-order valence-corrected chi connectivity index (χ1v) is 8.66. The fraction of sp³-hybridized carbons (Fsp3) is 0.368. The number of alkyl halides is 1. The molecule has 3 rings (SSSR count). The second kappa shape index (κ2) is 7.02. The predicted molar refractivity (Wildman–Crippen MR) is 100 cm³/mol. The third-order valence-electron chi connectivity index (χ3n) is 5.02. The maximum atomic E-state index is 15.0. The summed E-state index contributed by atoms with van der Waals surface area (Å²) in [6, 6.07) is 0.596. The van der Waals surface area contributed by atoms with Gasteiger partial charge in [-0.15, -0.1) is 0 Å². The number of nitrogens with one attached hydrogen (secondary N) is 2. The van der Waals surface area contributed by atoms with E-state index in [1.165, 1.54) is 0 Å². The first kappa shape index (κ1) is 18.9. The Morgan fingerprint density at radius 2 is 2.11 bits per heavy atom. The Morgan fingerprint density at radius 1 is 1.41 bits per heavy atom. The lowest BCUT2D eigenvalue weighted by molar-refractivity contribution is -0.117. The number of piperidine rings is 1. The molecule has 0 bridgehead atoms. The van der Waals surface area contributed by atoms with E-state index in [2.05, 4.69) is 16.9 Å². The lowest BCUT2D eigenvalue weighted by Crippen LogP contribution is -2.51. The Labute approximate surface area is 155 Å². The summed E-state index contributed by atoms with van der Waals surface area (Å²) in [4.78, 5) is 28.0. The van der Waals surface area contributed by atoms with Crippen molar-refractivity contribution in [2.75, 3.05) is 18.0 Å². The van der Waals surface area contributed by atoms with Gasteiger partial charge in [0.2, 0.25) is 5.91 Å². The van der Waals surface area contributed by atoms with E-state index in [4.69, 9.17) is 5.73 Å². The Kier molecular flexibility index (Phi) is 4.91. The molecule has 4 N–H and O–H groups in total. The Morgan fingerprint density at radius 3 is 2.74 bits per heavy atom. The normalized spacial score (nSPS) is 19.9. The Hall–Kier alpha value is -2.90. The highest BCUT2D eigenvalue weighted by Crippen LogP contribution is 2.37. The van der Waals surface area contributed by atoms with Crippen molar-refractivity contribution in [3.05, 3.63) is 41.4 Å². The number of hydrogen-bond donors (Lipinski definition) is 3. The Balaban J connectivity index is 2.11. The van der Waals surface area contributed by atoms with Crippen molar-refractivity contribution in [2.45, 2.75) is 32.5 Å². The molecule has 2 atom stereocenters. The van der Waals surface area contributed by atoms with Crippen LogP contribution in [-0.2, 0) is 4.79 Å². The highest BCUT2D eigenvalue weighted by molar-refractivity contribution is 6.10. The standard InChI is InChI=1S/C19H22F2N4O2/c1-4-15(26)24-12-5-11(20)7-25(8-12)18-14(21)6-13(19(22)27)17-16(18)9(2)10(3)23-17/h4,6,11-12,23H,1,5,7-8H2,2-3H3,(H2,22,27)(H,24,26)/t11-,12-/m0/s1. The SMILES string of the molecule is C=CC(=O)N[C@H]1C[C@H](F)CN(c2c(F)cc(C(N)=O)c3[nH]c(C)c(C)c23)C1. The molecule has 8 heteroatoms. The second-order valence-electron chi connectivity index (χ2n) is 6.89. The van der Waals surface area contributed by atoms with Gasteiger partial charge in [0, 0.05) is 36.6 Å². The summed E-state index contributed by atoms with van der Waals surface area (Å²) < 4.78 is 29.4. The topological polar surface area (TPSA) is 91.2 Å². The quantitative estimate of drug-likeness (QED) is 0.715. The van der Waals surface area contributed by atoms with E-state index >= 15 is 4.39 Å². The lowest BCUT2D eigenvalue weighted by Gasteiger charge is -2.37. The number of primary amides is 1. The molecule has 2 heterocycles. The molecular formula is C19H22F2N4O2. The van der Waals surface area contributed by atoms with E-state index in [1.54, 1.807) is 11.8 Å². The molecule has 0 saturated carbocycles. The van der Waals surface area contributed by atoms with Crippen LogP contribution in [0.2, 0.25) is 0 Å². The third kappa shape index (κ3) is 3.39. The number of H-pyrrole nitrogens is 1. The van der Waals surface area contributed by atoms with Crippen LogP contribution in [0.4, 0.5) is 14.5 Å². The summed E-state index contributed by atoms with van der Waals surface area (Å²) in [5, 5.41) is 3.18. The van der Waals surface area contributed by atoms with E-state index in [1.807, 2.05) is 6.92 Å². The first-order valence-electron chi connectivity index (χ1n) is 8.66. The summed E-state index contributed by atoms with van der Waals surface area (Å²) in [7, 11) is 0. The van der Waals surface area contributed by atoms with Crippen molar-refractivity contribution in [3.8, 4) is 0 Å². The molecule has 1 saturated heterocycles. The van der Waals surface area contributed by atoms with Crippen molar-refractivity contribution in [1.82, 2.24) is 10.3 Å². The van der Waals surface area contributed by atoms with Crippen LogP contribution in [0.3, 0.4) is 0 Å². The van der Waals surface area contributed by atoms with Crippen LogP contribution in [0, 0.1) is 19.7 Å². The van der Waals surface area contributed by atoms with Gasteiger partial charge in [-0.1, -0.05) is 6.58 Å². The number of rotatable bonds is 4. The molecule has 2 amide bonds. The maximum Gasteiger partial charge on any atom is 0.250 e. The van der Waals surface area contributed by atoms with Gasteiger partial charge in [-0.3, -0.25) is 9.59 Å². The van der Waals surface area contributed by atoms with Gasteiger partial charge in [0.05, 0.1) is 16.8 Å². The van der Waals surface area contributed by atoms with Crippen molar-refractivity contribution >= 4 is 28.4 Å². The summed E-state index contributed by atoms with van der Waals surface area (Å²) in [6.45, 7) is 7.23. The highest BCUT2D eigenvalue weighted by Gasteiger charge is 2.32. The number of nitrogens with zero attached hydrogens (tertiary/aromatic N) is 1. The zero-order valence-electron chi connectivity index (χ0n) is 15.2. The number of nitrogens with two attached hydrogens (primary N) is 1. The molecule has 1 aromatic carbocycles. The minimum atomic E-state index is -1.24. The molecular weight excluding hydrogens is 354 g/mol. The molecule has 27 heavy (non-hydrogen) atoms. The maximum absolute atomic E-state index is 15.0. The van der Waals surface area contributed by atoms with Gasteiger partial charge in [0.15, 0.2) is 0 Å². The molecule has 2 aromatic rings. The largest absolute Gasteiger partial charge is 0.366 e. The average Bonchev–Trinajstić information content (AvgIpc) is 2.88. The lowest BCUT2D eigenvalue weighted by atomic mass is 9.99. The van der Waals surface area contributed by atoms with Gasteiger partial charge in [-0.05, 0) is 31.6 Å². The molecule has 0 aliphatic carbocycles. The van der Waals surface area contributed by atoms with Crippen LogP contribution < -0.4 is 16.0 Å². The molecule has 0 radical (unpaired) electrons. The molecule has 144 valence electrons. The molecule has 0 spiro atoms. The minimum Gasteiger partial charge on any atom is -0.366 e. The fourth-order valence-electron chi connectivity index (χ4n) is 3.69. The number of aromatic amines is 1. The van der Waals surface area contributed by atoms with E-state index in [9.17, 15) is 14.0 Å². The number of amides is 2. The summed E-state index contributed by atoms with van der Waals surface area (Å²) in [5.74, 6) is -1.80. The van der Waals surface area contributed by atoms with Gasteiger partial charge in [-0.25, -0.2) is 8.78 Å². The molecule has 1 aromatic heterocycles. The Bertz CT molecular complexity index is 938. The van der Waals surface area contributed by atoms with E-state index in [-0.39, 0.29) is 30.8 Å². The monoisotopic (exact) mass is 376 g/mol. The number of halogens is 2. The molecule has 1 aliphatic heterocycles. The number of anilines is 1. The van der Waals surface area contributed by atoms with Crippen LogP contribution in [-0.4, -0.2) is 42.1 Å². The van der Waals surface area contributed by atoms with E-state index < -0.39 is 29.8 Å². The van der Waals surface area contributed by atoms with Gasteiger partial charge >= 0.3 is 0 Å². The zero-order valence-corrected chi connectivity index (χ0v) is 15.2. The van der Waals surface area contributed by atoms with Gasteiger partial charge in [0.1, 0.15) is 12.0 Å². The summed E-state index contributed by atoms with van der Waals surface area (Å²) in [5.41, 5.74) is 7.61. The van der Waals surface area contributed by atoms with Crippen LogP contribution in [0.1, 0.15) is 28.0 Å². The minimum absolute atomic E-state index is 0.00787. The van der Waals surface area contributed by atoms with Gasteiger partial charge in [0.25, 0.3) is 5.91 Å². The van der Waals surface area contributed by atoms with E-state index in [0.29, 0.717) is 10.9 Å². The third-order valence-corrected chi connectivity index (χ3v) is 5.02. The highest BCUT2D eigenvalue weighted by atomic mass is 19.1. The number of fused-ring (bicyclic) bond motifs is 1. The van der Waals surface area contributed by atoms with Crippen LogP contribution in [0.15, 0.2) is 18.7 Å². The van der Waals surface area contributed by atoms with E-state index in [0.717, 1.165) is 23.4 Å². The van der Waals surface area contributed by atoms with Crippen LogP contribution in [0.25, 0.3) is 10.9 Å². The summed E-state index contributed by atoms with van der Waals surface area (Å²) >= 11 is 0. The number of carbonyl (C=O) groups is 2. The summed E-state index contributed by atoms with van der Waals surface area (Å²) in [6.07, 6.45) is 0.0250. The van der Waals surface area contributed by atoms with Gasteiger partial charge in [-0.2, -0.15) is 0 Å². The molecule has 1 fully saturated rings. The van der Waals surface area contributed by atoms with Crippen molar-refractivity contribution in [2.24, 2.45) is 5.73 Å². The number of aryl methyl sites for hydroxylation is 2. The molecule has 0 unspecified atom stereocenters. The number of hydrogen-bond acceptors (Lipinski definition) is 3. The van der Waals surface area contributed by atoms with Crippen molar-refractivity contribution in [1.29, 1.82) is 0 Å².